The van der Waals surface area contributed by atoms with Crippen LogP contribution >= 0.6 is 0 Å². The molecule has 0 aliphatic carbocycles. The van der Waals surface area contributed by atoms with Gasteiger partial charge in [-0.2, -0.15) is 0 Å². The van der Waals surface area contributed by atoms with Crippen LogP contribution in [0.3, 0.4) is 0 Å². The first-order chi connectivity index (χ1) is 8.71. The zero-order chi connectivity index (χ0) is 13.4. The van der Waals surface area contributed by atoms with Gasteiger partial charge in [0.25, 0.3) is 0 Å². The molecule has 0 saturated carbocycles. The van der Waals surface area contributed by atoms with Crippen molar-refractivity contribution < 1.29 is 9.53 Å². The summed E-state index contributed by atoms with van der Waals surface area (Å²) in [6.45, 7) is 14.6. The second kappa shape index (κ2) is 8.32. The molecular formula is C13H27N3O2. The van der Waals surface area contributed by atoms with Crippen LogP contribution in [0.5, 0.6) is 0 Å². The maximum Gasteiger partial charge on any atom is 0.409 e. The van der Waals surface area contributed by atoms with Gasteiger partial charge in [-0.1, -0.05) is 13.8 Å². The average Bonchev–Trinajstić information content (AvgIpc) is 2.41. The lowest BCUT2D eigenvalue weighted by molar-refractivity contribution is 0.0767. The lowest BCUT2D eigenvalue weighted by Gasteiger charge is -2.35. The molecule has 1 rings (SSSR count). The van der Waals surface area contributed by atoms with Crippen LogP contribution in [0.25, 0.3) is 0 Å². The molecule has 18 heavy (non-hydrogen) atoms. The average molecular weight is 257 g/mol. The van der Waals surface area contributed by atoms with E-state index in [1.807, 2.05) is 6.92 Å². The molecule has 0 aromatic heterocycles. The summed E-state index contributed by atoms with van der Waals surface area (Å²) in [6, 6.07) is 0. The minimum absolute atomic E-state index is 0.166. The Morgan fingerprint density at radius 2 is 1.72 bits per heavy atom. The molecule has 0 atom stereocenters. The largest absolute Gasteiger partial charge is 0.450 e. The predicted molar refractivity (Wildman–Crippen MR) is 72.8 cm³/mol. The molecule has 1 heterocycles. The molecule has 0 radical (unpaired) electrons. The van der Waals surface area contributed by atoms with Gasteiger partial charge in [0, 0.05) is 39.3 Å². The Kier molecular flexibility index (Phi) is 7.05. The molecule has 0 N–H and O–H groups in total. The van der Waals surface area contributed by atoms with Gasteiger partial charge in [0.1, 0.15) is 0 Å². The van der Waals surface area contributed by atoms with E-state index in [9.17, 15) is 4.79 Å². The molecular weight excluding hydrogens is 230 g/mol. The minimum atomic E-state index is -0.166. The Morgan fingerprint density at radius 3 is 2.22 bits per heavy atom. The summed E-state index contributed by atoms with van der Waals surface area (Å²) in [7, 11) is 0. The first kappa shape index (κ1) is 15.2. The lowest BCUT2D eigenvalue weighted by atomic mass is 10.3. The lowest BCUT2D eigenvalue weighted by Crippen LogP contribution is -2.50. The van der Waals surface area contributed by atoms with Gasteiger partial charge < -0.3 is 14.5 Å². The SMILES string of the molecule is CCOC(=O)N1CCN(CCN(CC)CC)CC1. The standard InChI is InChI=1S/C13H27N3O2/c1-4-14(5-2)7-8-15-9-11-16(12-10-15)13(17)18-6-3/h4-12H2,1-3H3. The highest BCUT2D eigenvalue weighted by Crippen LogP contribution is 2.04. The van der Waals surface area contributed by atoms with Crippen LogP contribution < -0.4 is 0 Å². The van der Waals surface area contributed by atoms with E-state index in [2.05, 4.69) is 23.6 Å². The topological polar surface area (TPSA) is 36.0 Å². The van der Waals surface area contributed by atoms with Gasteiger partial charge in [0.05, 0.1) is 6.61 Å². The number of piperazine rings is 1. The molecule has 1 aliphatic rings. The highest BCUT2D eigenvalue weighted by Gasteiger charge is 2.21. The van der Waals surface area contributed by atoms with Crippen LogP contribution in [0.2, 0.25) is 0 Å². The third-order valence-corrected chi connectivity index (χ3v) is 3.53. The Balaban J connectivity index is 2.21. The van der Waals surface area contributed by atoms with Gasteiger partial charge in [0.2, 0.25) is 0 Å². The molecule has 0 aromatic carbocycles. The molecule has 0 unspecified atom stereocenters. The molecule has 106 valence electrons. The van der Waals surface area contributed by atoms with E-state index >= 15 is 0 Å². The van der Waals surface area contributed by atoms with Gasteiger partial charge >= 0.3 is 6.09 Å². The van der Waals surface area contributed by atoms with Crippen molar-refractivity contribution in [2.24, 2.45) is 0 Å². The normalized spacial score (nSPS) is 17.2. The molecule has 1 saturated heterocycles. The number of amides is 1. The zero-order valence-electron chi connectivity index (χ0n) is 12.0. The Labute approximate surface area is 111 Å². The third-order valence-electron chi connectivity index (χ3n) is 3.53. The molecule has 5 heteroatoms. The van der Waals surface area contributed by atoms with Crippen LogP contribution in [0.4, 0.5) is 4.79 Å². The summed E-state index contributed by atoms with van der Waals surface area (Å²) in [4.78, 5) is 18.2. The Hall–Kier alpha value is -0.810. The van der Waals surface area contributed by atoms with Crippen LogP contribution in [-0.2, 0) is 4.74 Å². The maximum absolute atomic E-state index is 11.5. The van der Waals surface area contributed by atoms with E-state index in [0.717, 1.165) is 52.4 Å². The maximum atomic E-state index is 11.5. The molecule has 0 bridgehead atoms. The minimum Gasteiger partial charge on any atom is -0.450 e. The van der Waals surface area contributed by atoms with E-state index in [1.54, 1.807) is 4.90 Å². The second-order valence-corrected chi connectivity index (χ2v) is 4.55. The number of carbonyl (C=O) groups is 1. The highest BCUT2D eigenvalue weighted by molar-refractivity contribution is 5.67. The van der Waals surface area contributed by atoms with E-state index in [4.69, 9.17) is 4.74 Å². The molecule has 0 aromatic rings. The summed E-state index contributed by atoms with van der Waals surface area (Å²) in [5.41, 5.74) is 0. The molecule has 1 fully saturated rings. The molecule has 0 spiro atoms. The van der Waals surface area contributed by atoms with E-state index in [-0.39, 0.29) is 6.09 Å². The smallest absolute Gasteiger partial charge is 0.409 e. The number of ether oxygens (including phenoxy) is 1. The number of nitrogens with zero attached hydrogens (tertiary/aromatic N) is 3. The number of rotatable bonds is 6. The first-order valence-electron chi connectivity index (χ1n) is 7.07. The molecule has 1 aliphatic heterocycles. The van der Waals surface area contributed by atoms with Crippen molar-refractivity contribution in [3.05, 3.63) is 0 Å². The fourth-order valence-corrected chi connectivity index (χ4v) is 2.19. The molecule has 5 nitrogen and oxygen atoms in total. The predicted octanol–water partition coefficient (Wildman–Crippen LogP) is 1.10. The second-order valence-electron chi connectivity index (χ2n) is 4.55. The monoisotopic (exact) mass is 257 g/mol. The van der Waals surface area contributed by atoms with Crippen LogP contribution in [0, 0.1) is 0 Å². The van der Waals surface area contributed by atoms with Crippen molar-refractivity contribution >= 4 is 6.09 Å². The summed E-state index contributed by atoms with van der Waals surface area (Å²) >= 11 is 0. The number of hydrogen-bond donors (Lipinski definition) is 0. The molecule has 1 amide bonds. The first-order valence-corrected chi connectivity index (χ1v) is 7.07. The summed E-state index contributed by atoms with van der Waals surface area (Å²) in [5, 5.41) is 0. The third kappa shape index (κ3) is 4.82. The Bertz CT molecular complexity index is 236. The van der Waals surface area contributed by atoms with E-state index < -0.39 is 0 Å². The van der Waals surface area contributed by atoms with Crippen molar-refractivity contribution in [1.82, 2.24) is 14.7 Å². The summed E-state index contributed by atoms with van der Waals surface area (Å²) in [5.74, 6) is 0. The van der Waals surface area contributed by atoms with Crippen LogP contribution in [0.1, 0.15) is 20.8 Å². The Morgan fingerprint density at radius 1 is 1.11 bits per heavy atom. The highest BCUT2D eigenvalue weighted by atomic mass is 16.6. The van der Waals surface area contributed by atoms with Crippen molar-refractivity contribution in [2.45, 2.75) is 20.8 Å². The van der Waals surface area contributed by atoms with Gasteiger partial charge in [-0.05, 0) is 20.0 Å². The van der Waals surface area contributed by atoms with Gasteiger partial charge in [-0.3, -0.25) is 4.90 Å². The summed E-state index contributed by atoms with van der Waals surface area (Å²) < 4.78 is 5.01. The quantitative estimate of drug-likeness (QED) is 0.714. The van der Waals surface area contributed by atoms with Crippen molar-refractivity contribution in [1.29, 1.82) is 0 Å². The van der Waals surface area contributed by atoms with Crippen LogP contribution in [0.15, 0.2) is 0 Å². The van der Waals surface area contributed by atoms with Crippen molar-refractivity contribution in [3.63, 3.8) is 0 Å². The fraction of sp³-hybridized carbons (Fsp3) is 0.923. The van der Waals surface area contributed by atoms with E-state index in [1.165, 1.54) is 0 Å². The van der Waals surface area contributed by atoms with Crippen molar-refractivity contribution in [3.8, 4) is 0 Å². The fourth-order valence-electron chi connectivity index (χ4n) is 2.19. The number of carbonyl (C=O) groups excluding carboxylic acids is 1. The zero-order valence-corrected chi connectivity index (χ0v) is 12.0. The van der Waals surface area contributed by atoms with Crippen LogP contribution in [-0.4, -0.2) is 79.8 Å². The van der Waals surface area contributed by atoms with Gasteiger partial charge in [0.15, 0.2) is 0 Å². The number of likely N-dealkylation sites (N-methyl/N-ethyl adjacent to an activating group) is 1. The van der Waals surface area contributed by atoms with Gasteiger partial charge in [-0.25, -0.2) is 4.79 Å². The van der Waals surface area contributed by atoms with Gasteiger partial charge in [-0.15, -0.1) is 0 Å². The van der Waals surface area contributed by atoms with E-state index in [0.29, 0.717) is 6.61 Å². The number of hydrogen-bond acceptors (Lipinski definition) is 4. The summed E-state index contributed by atoms with van der Waals surface area (Å²) in [6.07, 6.45) is -0.166. The van der Waals surface area contributed by atoms with Crippen molar-refractivity contribution in [2.75, 3.05) is 59.0 Å².